The van der Waals surface area contributed by atoms with Crippen LogP contribution < -0.4 is 0 Å². The number of hydrogen-bond acceptors (Lipinski definition) is 4. The van der Waals surface area contributed by atoms with E-state index in [1.807, 2.05) is 10.9 Å². The number of halogens is 1. The lowest BCUT2D eigenvalue weighted by Crippen LogP contribution is -2.41. The van der Waals surface area contributed by atoms with Crippen LogP contribution in [0.2, 0.25) is 0 Å². The summed E-state index contributed by atoms with van der Waals surface area (Å²) in [6, 6.07) is 0.258. The number of likely N-dealkylation sites (N-methyl/N-ethyl adjacent to an activating group) is 1. The Bertz CT molecular complexity index is 490. The molecule has 0 bridgehead atoms. The van der Waals surface area contributed by atoms with E-state index in [0.29, 0.717) is 0 Å². The molecule has 2 unspecified atom stereocenters. The monoisotopic (exact) mass is 342 g/mol. The summed E-state index contributed by atoms with van der Waals surface area (Å²) in [5.74, 6) is 0. The molecule has 2 aliphatic heterocycles. The number of rotatable bonds is 4. The minimum atomic E-state index is -0.752. The van der Waals surface area contributed by atoms with Crippen LogP contribution in [0.25, 0.3) is 0 Å². The Labute approximate surface area is 128 Å². The van der Waals surface area contributed by atoms with Crippen LogP contribution in [0.3, 0.4) is 0 Å². The Morgan fingerprint density at radius 3 is 3.05 bits per heavy atom. The van der Waals surface area contributed by atoms with Gasteiger partial charge in [0.2, 0.25) is 0 Å². The predicted molar refractivity (Wildman–Crippen MR) is 81.6 cm³/mol. The Morgan fingerprint density at radius 1 is 1.50 bits per heavy atom. The second-order valence-corrected chi connectivity index (χ2v) is 7.09. The zero-order chi connectivity index (χ0) is 14.3. The van der Waals surface area contributed by atoms with E-state index >= 15 is 0 Å². The van der Waals surface area contributed by atoms with E-state index in [4.69, 9.17) is 0 Å². The highest BCUT2D eigenvalue weighted by molar-refractivity contribution is 9.10. The van der Waals surface area contributed by atoms with E-state index in [1.54, 1.807) is 0 Å². The zero-order valence-corrected chi connectivity index (χ0v) is 13.8. The fourth-order valence-electron chi connectivity index (χ4n) is 3.65. The van der Waals surface area contributed by atoms with Gasteiger partial charge in [-0.3, -0.25) is 9.58 Å². The number of aliphatic hydroxyl groups is 1. The van der Waals surface area contributed by atoms with Crippen LogP contribution in [-0.2, 0) is 12.1 Å². The average Bonchev–Trinajstić information content (AvgIpc) is 3.05. The summed E-state index contributed by atoms with van der Waals surface area (Å²) in [6.07, 6.45) is 4.91. The topological polar surface area (TPSA) is 44.5 Å². The molecule has 1 N–H and O–H groups in total. The van der Waals surface area contributed by atoms with E-state index in [1.165, 1.54) is 6.42 Å². The molecule has 2 atom stereocenters. The summed E-state index contributed by atoms with van der Waals surface area (Å²) < 4.78 is 2.92. The van der Waals surface area contributed by atoms with Gasteiger partial charge in [0.15, 0.2) is 0 Å². The van der Waals surface area contributed by atoms with E-state index in [2.05, 4.69) is 44.9 Å². The van der Waals surface area contributed by atoms with Gasteiger partial charge < -0.3 is 10.0 Å². The SMILES string of the molecule is CN(C)CCn1ncc(Br)c1C1(O)CCN2CCCC21. The molecule has 6 heteroatoms. The van der Waals surface area contributed by atoms with Crippen molar-refractivity contribution in [1.82, 2.24) is 19.6 Å². The molecule has 0 aliphatic carbocycles. The maximum absolute atomic E-state index is 11.3. The molecule has 112 valence electrons. The van der Waals surface area contributed by atoms with Gasteiger partial charge in [0.1, 0.15) is 5.60 Å². The lowest BCUT2D eigenvalue weighted by molar-refractivity contribution is 0.000195. The minimum absolute atomic E-state index is 0.258. The predicted octanol–water partition coefficient (Wildman–Crippen LogP) is 1.26. The lowest BCUT2D eigenvalue weighted by Gasteiger charge is -2.31. The molecule has 3 heterocycles. The zero-order valence-electron chi connectivity index (χ0n) is 12.2. The van der Waals surface area contributed by atoms with Crippen LogP contribution in [0.15, 0.2) is 10.7 Å². The molecule has 0 aromatic carbocycles. The van der Waals surface area contributed by atoms with Gasteiger partial charge in [0, 0.05) is 19.1 Å². The average molecular weight is 343 g/mol. The maximum atomic E-state index is 11.3. The van der Waals surface area contributed by atoms with E-state index in [-0.39, 0.29) is 6.04 Å². The van der Waals surface area contributed by atoms with Crippen molar-refractivity contribution in [2.24, 2.45) is 0 Å². The van der Waals surface area contributed by atoms with Crippen LogP contribution in [0, 0.1) is 0 Å². The van der Waals surface area contributed by atoms with Crippen LogP contribution in [0.5, 0.6) is 0 Å². The first kappa shape index (κ1) is 14.5. The number of fused-ring (bicyclic) bond motifs is 1. The summed E-state index contributed by atoms with van der Waals surface area (Å²) in [4.78, 5) is 4.57. The molecule has 2 aliphatic rings. The Kier molecular flexibility index (Phi) is 3.92. The van der Waals surface area contributed by atoms with E-state index in [0.717, 1.165) is 49.2 Å². The van der Waals surface area contributed by atoms with Gasteiger partial charge in [0.05, 0.1) is 22.9 Å². The molecule has 1 aromatic rings. The van der Waals surface area contributed by atoms with Crippen LogP contribution in [0.4, 0.5) is 0 Å². The quantitative estimate of drug-likeness (QED) is 0.894. The standard InChI is InChI=1S/C14H23BrN4O/c1-17(2)8-9-19-13(11(15)10-16-19)14(20)5-7-18-6-3-4-12(14)18/h10,12,20H,3-9H2,1-2H3. The van der Waals surface area contributed by atoms with Crippen molar-refractivity contribution in [2.45, 2.75) is 37.5 Å². The summed E-state index contributed by atoms with van der Waals surface area (Å²) in [5.41, 5.74) is 0.215. The second-order valence-electron chi connectivity index (χ2n) is 6.24. The van der Waals surface area contributed by atoms with Crippen LogP contribution in [-0.4, -0.2) is 64.5 Å². The highest BCUT2D eigenvalue weighted by Crippen LogP contribution is 2.44. The smallest absolute Gasteiger partial charge is 0.124 e. The van der Waals surface area contributed by atoms with Gasteiger partial charge >= 0.3 is 0 Å². The summed E-state index contributed by atoms with van der Waals surface area (Å²) in [5, 5.41) is 15.8. The molecular weight excluding hydrogens is 320 g/mol. The van der Waals surface area contributed by atoms with Crippen molar-refractivity contribution in [2.75, 3.05) is 33.7 Å². The first-order valence-corrected chi connectivity index (χ1v) is 8.14. The molecule has 2 saturated heterocycles. The van der Waals surface area contributed by atoms with Crippen molar-refractivity contribution in [3.05, 3.63) is 16.4 Å². The lowest BCUT2D eigenvalue weighted by atomic mass is 9.89. The third-order valence-electron chi connectivity index (χ3n) is 4.66. The molecule has 0 spiro atoms. The molecule has 0 radical (unpaired) electrons. The number of hydrogen-bond donors (Lipinski definition) is 1. The van der Waals surface area contributed by atoms with Crippen molar-refractivity contribution < 1.29 is 5.11 Å². The molecule has 20 heavy (non-hydrogen) atoms. The van der Waals surface area contributed by atoms with Gasteiger partial charge in [-0.05, 0) is 55.8 Å². The summed E-state index contributed by atoms with van der Waals surface area (Å²) >= 11 is 3.59. The van der Waals surface area contributed by atoms with Crippen molar-refractivity contribution in [3.8, 4) is 0 Å². The molecule has 5 nitrogen and oxygen atoms in total. The van der Waals surface area contributed by atoms with Gasteiger partial charge in [-0.1, -0.05) is 0 Å². The van der Waals surface area contributed by atoms with Crippen LogP contribution in [0.1, 0.15) is 25.0 Å². The molecule has 2 fully saturated rings. The van der Waals surface area contributed by atoms with Gasteiger partial charge in [0.25, 0.3) is 0 Å². The minimum Gasteiger partial charge on any atom is -0.382 e. The van der Waals surface area contributed by atoms with Gasteiger partial charge in [-0.15, -0.1) is 0 Å². The fourth-order valence-corrected chi connectivity index (χ4v) is 4.29. The molecule has 0 saturated carbocycles. The normalized spacial score (nSPS) is 30.4. The van der Waals surface area contributed by atoms with Gasteiger partial charge in [-0.2, -0.15) is 5.10 Å². The molecule has 1 aromatic heterocycles. The Balaban J connectivity index is 1.90. The van der Waals surface area contributed by atoms with Gasteiger partial charge in [-0.25, -0.2) is 0 Å². The maximum Gasteiger partial charge on any atom is 0.124 e. The molecular formula is C14H23BrN4O. The van der Waals surface area contributed by atoms with Crippen LogP contribution >= 0.6 is 15.9 Å². The van der Waals surface area contributed by atoms with E-state index < -0.39 is 5.60 Å². The first-order valence-electron chi connectivity index (χ1n) is 7.35. The number of aromatic nitrogens is 2. The summed E-state index contributed by atoms with van der Waals surface area (Å²) in [6.45, 7) is 3.84. The van der Waals surface area contributed by atoms with E-state index in [9.17, 15) is 5.11 Å². The van der Waals surface area contributed by atoms with Crippen molar-refractivity contribution in [1.29, 1.82) is 0 Å². The van der Waals surface area contributed by atoms with Crippen molar-refractivity contribution >= 4 is 15.9 Å². The molecule has 3 rings (SSSR count). The number of nitrogens with zero attached hydrogens (tertiary/aromatic N) is 4. The second kappa shape index (κ2) is 5.40. The highest BCUT2D eigenvalue weighted by Gasteiger charge is 2.51. The fraction of sp³-hybridized carbons (Fsp3) is 0.786. The largest absolute Gasteiger partial charge is 0.382 e. The third kappa shape index (κ3) is 2.32. The molecule has 0 amide bonds. The van der Waals surface area contributed by atoms with Crippen molar-refractivity contribution in [3.63, 3.8) is 0 Å². The first-order chi connectivity index (χ1) is 9.52. The highest BCUT2D eigenvalue weighted by atomic mass is 79.9. The Morgan fingerprint density at radius 2 is 2.30 bits per heavy atom. The third-order valence-corrected chi connectivity index (χ3v) is 5.24. The Hall–Kier alpha value is -0.430. The summed E-state index contributed by atoms with van der Waals surface area (Å²) in [7, 11) is 4.11.